The third-order valence-corrected chi connectivity index (χ3v) is 17.3. The van der Waals surface area contributed by atoms with Gasteiger partial charge in [0.05, 0.1) is 3.70 Å². The average molecular weight is 877 g/mol. The van der Waals surface area contributed by atoms with Crippen LogP contribution < -0.4 is 15.2 Å². The first-order valence-corrected chi connectivity index (χ1v) is 22.3. The minimum Gasteiger partial charge on any atom is -0.543 e. The van der Waals surface area contributed by atoms with Gasteiger partial charge in [0.15, 0.2) is 0 Å². The SMILES string of the molecule is CC(C)[Si](Oc1cc(CC(NC(=O)OC(C)(C)C)C(=O)N2CCC[C@@H](C(=O)O)N2)cc(-c2ccc3[nH]c(I)c(CC(C)(C)CO)c3c2)c1)(C(C)C)C(C)C. The van der Waals surface area contributed by atoms with E-state index < -0.39 is 44.0 Å². The van der Waals surface area contributed by atoms with Crippen LogP contribution in [-0.4, -0.2) is 77.3 Å². The number of nitrogens with one attached hydrogen (secondary N) is 3. The van der Waals surface area contributed by atoms with Crippen molar-refractivity contribution in [1.82, 2.24) is 20.7 Å². The zero-order valence-electron chi connectivity index (χ0n) is 33.9. The summed E-state index contributed by atoms with van der Waals surface area (Å²) < 4.78 is 13.9. The quantitative estimate of drug-likeness (QED) is 0.0798. The Kier molecular flexibility index (Phi) is 14.0. The van der Waals surface area contributed by atoms with Gasteiger partial charge in [0.25, 0.3) is 14.2 Å². The van der Waals surface area contributed by atoms with Crippen molar-refractivity contribution in [2.24, 2.45) is 5.41 Å². The molecule has 0 aliphatic carbocycles. The summed E-state index contributed by atoms with van der Waals surface area (Å²) in [6.45, 7) is 23.2. The Bertz CT molecular complexity index is 1790. The van der Waals surface area contributed by atoms with E-state index in [2.05, 4.69) is 118 Å². The van der Waals surface area contributed by atoms with E-state index in [0.717, 1.165) is 36.9 Å². The number of ether oxygens (including phenoxy) is 1. The van der Waals surface area contributed by atoms with Crippen molar-refractivity contribution in [2.45, 2.75) is 136 Å². The number of hydrazine groups is 1. The predicted octanol–water partition coefficient (Wildman–Crippen LogP) is 8.57. The van der Waals surface area contributed by atoms with Crippen LogP contribution in [0.5, 0.6) is 5.75 Å². The van der Waals surface area contributed by atoms with Crippen molar-refractivity contribution >= 4 is 59.8 Å². The van der Waals surface area contributed by atoms with Crippen LogP contribution in [0.3, 0.4) is 0 Å². The smallest absolute Gasteiger partial charge is 0.408 e. The second-order valence-corrected chi connectivity index (χ2v) is 24.0. The topological polar surface area (TPSA) is 153 Å². The molecule has 2 amide bonds. The van der Waals surface area contributed by atoms with Crippen molar-refractivity contribution in [3.8, 4) is 16.9 Å². The van der Waals surface area contributed by atoms with E-state index >= 15 is 0 Å². The fourth-order valence-electron chi connectivity index (χ4n) is 7.86. The highest BCUT2D eigenvalue weighted by molar-refractivity contribution is 14.1. The lowest BCUT2D eigenvalue weighted by atomic mass is 9.86. The van der Waals surface area contributed by atoms with Crippen molar-refractivity contribution in [2.75, 3.05) is 13.2 Å². The Hall–Kier alpha value is -3.14. The molecular weight excluding hydrogens is 815 g/mol. The highest BCUT2D eigenvalue weighted by atomic mass is 127. The number of hydrogen-bond acceptors (Lipinski definition) is 7. The first kappa shape index (κ1) is 43.6. The molecule has 0 spiro atoms. The zero-order valence-corrected chi connectivity index (χ0v) is 37.0. The summed E-state index contributed by atoms with van der Waals surface area (Å²) in [6.07, 6.45) is 0.961. The van der Waals surface area contributed by atoms with Gasteiger partial charge >= 0.3 is 12.1 Å². The third kappa shape index (κ3) is 10.4. The van der Waals surface area contributed by atoms with Gasteiger partial charge in [-0.05, 0) is 131 Å². The number of alkyl carbamates (subject to hydrolysis) is 1. The van der Waals surface area contributed by atoms with Gasteiger partial charge in [0.2, 0.25) is 0 Å². The standard InChI is InChI=1S/C41H61IN4O7Si/c1-24(2)54(25(3)4,26(5)6)53-30-18-27(17-29(20-30)28-14-15-33-31(21-28)32(36(42)43-33)22-41(10,11)23-47)19-35(44-39(51)52-40(7,8)9)37(48)46-16-12-13-34(45-46)38(49)50/h14-15,17-18,20-21,24-26,34-35,43,45,47H,12-13,16,19,22-23H2,1-11H3,(H,44,51)(H,49,50)/t34-,35?/m0/s1. The second-order valence-electron chi connectivity index (χ2n) is 17.5. The molecule has 2 atom stereocenters. The summed E-state index contributed by atoms with van der Waals surface area (Å²) in [5.74, 6) is -0.778. The number of benzene rings is 2. The maximum atomic E-state index is 14.2. The number of carboxylic acids is 1. The lowest BCUT2D eigenvalue weighted by molar-refractivity contribution is -0.147. The van der Waals surface area contributed by atoms with E-state index in [1.165, 1.54) is 5.01 Å². The van der Waals surface area contributed by atoms with Crippen LogP contribution in [0.15, 0.2) is 36.4 Å². The molecule has 5 N–H and O–H groups in total. The molecule has 1 fully saturated rings. The molecule has 1 saturated heterocycles. The molecule has 54 heavy (non-hydrogen) atoms. The van der Waals surface area contributed by atoms with Gasteiger partial charge in [-0.15, -0.1) is 0 Å². The molecule has 2 heterocycles. The van der Waals surface area contributed by atoms with Crippen LogP contribution in [0.1, 0.15) is 100 Å². The van der Waals surface area contributed by atoms with Crippen molar-refractivity contribution in [1.29, 1.82) is 0 Å². The Balaban J connectivity index is 1.87. The number of H-pyrrole nitrogens is 1. The number of hydrogen-bond donors (Lipinski definition) is 5. The van der Waals surface area contributed by atoms with Gasteiger partial charge in [-0.25, -0.2) is 10.2 Å². The van der Waals surface area contributed by atoms with Crippen molar-refractivity contribution in [3.63, 3.8) is 0 Å². The van der Waals surface area contributed by atoms with Gasteiger partial charge in [0, 0.05) is 30.5 Å². The fourth-order valence-corrected chi connectivity index (χ4v) is 13.9. The van der Waals surface area contributed by atoms with E-state index in [-0.39, 0.29) is 18.4 Å². The Labute approximate surface area is 335 Å². The summed E-state index contributed by atoms with van der Waals surface area (Å²) in [4.78, 5) is 42.8. The number of amides is 2. The molecule has 2 aromatic carbocycles. The summed E-state index contributed by atoms with van der Waals surface area (Å²) >= 11 is 2.33. The Morgan fingerprint density at radius 1 is 0.981 bits per heavy atom. The van der Waals surface area contributed by atoms with Crippen molar-refractivity contribution < 1.29 is 33.8 Å². The first-order valence-electron chi connectivity index (χ1n) is 19.1. The lowest BCUT2D eigenvalue weighted by Crippen LogP contribution is -2.60. The predicted molar refractivity (Wildman–Crippen MR) is 225 cm³/mol. The number of halogens is 1. The number of aromatic nitrogens is 1. The number of nitrogens with zero attached hydrogens (tertiary/aromatic N) is 1. The number of carboxylic acid groups (broad SMARTS) is 1. The lowest BCUT2D eigenvalue weighted by Gasteiger charge is -2.42. The minimum atomic E-state index is -2.42. The van der Waals surface area contributed by atoms with E-state index in [1.54, 1.807) is 20.8 Å². The summed E-state index contributed by atoms with van der Waals surface area (Å²) in [7, 11) is -2.42. The van der Waals surface area contributed by atoms with Crippen LogP contribution >= 0.6 is 22.6 Å². The largest absolute Gasteiger partial charge is 0.543 e. The van der Waals surface area contributed by atoms with Gasteiger partial charge in [0.1, 0.15) is 23.4 Å². The molecule has 11 nitrogen and oxygen atoms in total. The highest BCUT2D eigenvalue weighted by Crippen LogP contribution is 2.44. The summed E-state index contributed by atoms with van der Waals surface area (Å²) in [5.41, 5.74) is 7.48. The fraction of sp³-hybridized carbons (Fsp3) is 0.585. The number of fused-ring (bicyclic) bond motifs is 1. The monoisotopic (exact) mass is 876 g/mol. The minimum absolute atomic E-state index is 0.0620. The molecular formula is C41H61IN4O7Si. The molecule has 1 aromatic heterocycles. The number of aliphatic hydroxyl groups is 1. The van der Waals surface area contributed by atoms with Gasteiger partial charge < -0.3 is 29.7 Å². The molecule has 298 valence electrons. The van der Waals surface area contributed by atoms with Crippen LogP contribution in [0, 0.1) is 9.12 Å². The molecule has 4 rings (SSSR count). The number of aliphatic hydroxyl groups excluding tert-OH is 1. The number of carbonyl (C=O) groups is 3. The van der Waals surface area contributed by atoms with Crippen LogP contribution in [0.25, 0.3) is 22.0 Å². The van der Waals surface area contributed by atoms with E-state index in [9.17, 15) is 24.6 Å². The van der Waals surface area contributed by atoms with Crippen LogP contribution in [-0.2, 0) is 27.2 Å². The van der Waals surface area contributed by atoms with E-state index in [0.29, 0.717) is 48.2 Å². The summed E-state index contributed by atoms with van der Waals surface area (Å²) in [6, 6.07) is 10.4. The molecule has 1 aliphatic rings. The summed E-state index contributed by atoms with van der Waals surface area (Å²) in [5, 5.41) is 25.0. The number of carbonyl (C=O) groups excluding carboxylic acids is 2. The highest BCUT2D eigenvalue weighted by Gasteiger charge is 2.47. The zero-order chi connectivity index (χ0) is 40.3. The first-order chi connectivity index (χ1) is 25.1. The molecule has 3 aromatic rings. The average Bonchev–Trinajstić information content (AvgIpc) is 3.38. The molecule has 0 radical (unpaired) electrons. The van der Waals surface area contributed by atoms with E-state index in [1.807, 2.05) is 12.1 Å². The molecule has 0 bridgehead atoms. The number of aliphatic carboxylic acids is 1. The molecule has 13 heteroatoms. The van der Waals surface area contributed by atoms with Crippen LogP contribution in [0.2, 0.25) is 16.6 Å². The van der Waals surface area contributed by atoms with Gasteiger partial charge in [-0.2, -0.15) is 0 Å². The van der Waals surface area contributed by atoms with Gasteiger partial charge in [-0.3, -0.25) is 14.6 Å². The number of aromatic amines is 1. The van der Waals surface area contributed by atoms with E-state index in [4.69, 9.17) is 9.16 Å². The maximum Gasteiger partial charge on any atom is 0.408 e. The second kappa shape index (κ2) is 17.3. The molecule has 0 saturated carbocycles. The Morgan fingerprint density at radius 3 is 2.20 bits per heavy atom. The number of rotatable bonds is 14. The van der Waals surface area contributed by atoms with Crippen molar-refractivity contribution in [3.05, 3.63) is 51.2 Å². The third-order valence-electron chi connectivity index (χ3n) is 10.4. The maximum absolute atomic E-state index is 14.2. The molecule has 1 aliphatic heterocycles. The Morgan fingerprint density at radius 2 is 1.63 bits per heavy atom. The van der Waals surface area contributed by atoms with Crippen LogP contribution in [0.4, 0.5) is 4.79 Å². The normalized spacial score (nSPS) is 16.3. The van der Waals surface area contributed by atoms with Gasteiger partial charge in [-0.1, -0.05) is 67.5 Å². The molecule has 1 unspecified atom stereocenters.